The number of hydrogen-bond acceptors (Lipinski definition) is 5. The van der Waals surface area contributed by atoms with E-state index in [1.54, 1.807) is 14.2 Å². The van der Waals surface area contributed by atoms with Gasteiger partial charge in [0.25, 0.3) is 0 Å². The van der Waals surface area contributed by atoms with Crippen molar-refractivity contribution in [1.82, 2.24) is 4.72 Å². The maximum absolute atomic E-state index is 5.43. The molecule has 0 spiro atoms. The maximum atomic E-state index is 5.43. The Kier molecular flexibility index (Phi) is 6.07. The molecule has 0 aliphatic heterocycles. The monoisotopic (exact) mass is 242 g/mol. The lowest BCUT2D eigenvalue weighted by Crippen LogP contribution is -2.14. The van der Waals surface area contributed by atoms with Crippen molar-refractivity contribution in [3.63, 3.8) is 0 Å². The fraction of sp³-hybridized carbons (Fsp3) is 0.455. The molecule has 0 saturated heterocycles. The Balaban J connectivity index is 2.76. The van der Waals surface area contributed by atoms with Crippen molar-refractivity contribution in [1.29, 1.82) is 0 Å². The van der Waals surface area contributed by atoms with E-state index >= 15 is 0 Å². The van der Waals surface area contributed by atoms with Gasteiger partial charge in [-0.2, -0.15) is 0 Å². The van der Waals surface area contributed by atoms with Gasteiger partial charge in [-0.15, -0.1) is 0 Å². The Hall–Kier alpha value is -0.910. The van der Waals surface area contributed by atoms with Crippen LogP contribution in [0.2, 0.25) is 0 Å². The summed E-state index contributed by atoms with van der Waals surface area (Å²) in [4.78, 5) is 0. The summed E-state index contributed by atoms with van der Waals surface area (Å²) in [6, 6.07) is 0. The first-order valence-corrected chi connectivity index (χ1v) is 6.01. The second-order valence-corrected chi connectivity index (χ2v) is 4.03. The average Bonchev–Trinajstić information content (AvgIpc) is 2.28. The van der Waals surface area contributed by atoms with Crippen molar-refractivity contribution in [2.24, 2.45) is 5.73 Å². The van der Waals surface area contributed by atoms with Gasteiger partial charge in [0.15, 0.2) is 0 Å². The van der Waals surface area contributed by atoms with E-state index in [1.165, 1.54) is 11.9 Å². The van der Waals surface area contributed by atoms with Crippen molar-refractivity contribution in [2.75, 3.05) is 20.1 Å². The Morgan fingerprint density at radius 2 is 2.38 bits per heavy atom. The summed E-state index contributed by atoms with van der Waals surface area (Å²) in [6.07, 6.45) is 8.56. The van der Waals surface area contributed by atoms with Gasteiger partial charge in [-0.05, 0) is 24.1 Å². The first-order chi connectivity index (χ1) is 7.80. The third kappa shape index (κ3) is 4.30. The topological polar surface area (TPSA) is 56.5 Å². The number of methoxy groups -OCH3 is 2. The molecule has 0 bridgehead atoms. The lowest BCUT2D eigenvalue weighted by molar-refractivity contribution is 0.176. The molecule has 1 rings (SSSR count). The summed E-state index contributed by atoms with van der Waals surface area (Å²) in [7, 11) is 3.35. The highest BCUT2D eigenvalue weighted by Gasteiger charge is 2.08. The fourth-order valence-electron chi connectivity index (χ4n) is 1.32. The molecule has 0 saturated carbocycles. The molecule has 0 heterocycles. The normalized spacial score (nSPS) is 25.8. The molecule has 4 nitrogen and oxygen atoms in total. The van der Waals surface area contributed by atoms with Crippen LogP contribution < -0.4 is 10.5 Å². The molecule has 0 amide bonds. The molecule has 0 aromatic heterocycles. The summed E-state index contributed by atoms with van der Waals surface area (Å²) < 4.78 is 13.7. The van der Waals surface area contributed by atoms with E-state index < -0.39 is 0 Å². The molecule has 1 unspecified atom stereocenters. The fourth-order valence-corrected chi connectivity index (χ4v) is 1.73. The van der Waals surface area contributed by atoms with Gasteiger partial charge in [0.1, 0.15) is 5.76 Å². The zero-order valence-corrected chi connectivity index (χ0v) is 10.4. The lowest BCUT2D eigenvalue weighted by Gasteiger charge is -2.16. The molecule has 90 valence electrons. The molecule has 3 N–H and O–H groups in total. The van der Waals surface area contributed by atoms with Crippen LogP contribution in [0.3, 0.4) is 0 Å². The van der Waals surface area contributed by atoms with E-state index in [-0.39, 0.29) is 6.10 Å². The van der Waals surface area contributed by atoms with Crippen LogP contribution in [0.5, 0.6) is 0 Å². The Morgan fingerprint density at radius 1 is 1.56 bits per heavy atom. The summed E-state index contributed by atoms with van der Waals surface area (Å²) in [5.41, 5.74) is 6.47. The molecule has 1 atom stereocenters. The average molecular weight is 242 g/mol. The molecule has 1 aliphatic carbocycles. The van der Waals surface area contributed by atoms with Crippen LogP contribution in [0.4, 0.5) is 0 Å². The van der Waals surface area contributed by atoms with Gasteiger partial charge >= 0.3 is 0 Å². The van der Waals surface area contributed by atoms with Gasteiger partial charge in [-0.1, -0.05) is 12.2 Å². The molecule has 5 heteroatoms. The quantitative estimate of drug-likeness (QED) is 0.565. The molecule has 0 fully saturated rings. The molecule has 0 aromatic carbocycles. The van der Waals surface area contributed by atoms with Gasteiger partial charge in [0, 0.05) is 19.2 Å². The number of nitrogens with one attached hydrogen (secondary N) is 1. The Bertz CT molecular complexity index is 300. The first-order valence-electron chi connectivity index (χ1n) is 5.03. The van der Waals surface area contributed by atoms with E-state index in [4.69, 9.17) is 15.2 Å². The smallest absolute Gasteiger partial charge is 0.101 e. The van der Waals surface area contributed by atoms with E-state index in [2.05, 4.69) is 4.72 Å². The standard InChI is InChI=1S/C11H18N2O2S/c1-14-10-4-3-5-11(15-2)7-9(6-10)13-16-8-12/h3-6,10,13H,7-8,12H2,1-2H3/b4-3-,9-6?,11-5+. The minimum atomic E-state index is -0.0180. The summed E-state index contributed by atoms with van der Waals surface area (Å²) >= 11 is 1.45. The van der Waals surface area contributed by atoms with Crippen LogP contribution in [0.25, 0.3) is 0 Å². The summed E-state index contributed by atoms with van der Waals surface area (Å²) in [6.45, 7) is 0. The van der Waals surface area contributed by atoms with Gasteiger partial charge < -0.3 is 19.9 Å². The minimum absolute atomic E-state index is 0.0180. The second kappa shape index (κ2) is 7.38. The van der Waals surface area contributed by atoms with Crippen LogP contribution >= 0.6 is 11.9 Å². The molecule has 0 radical (unpaired) electrons. The highest BCUT2D eigenvalue weighted by atomic mass is 32.2. The Labute approximate surface area is 101 Å². The minimum Gasteiger partial charge on any atom is -0.501 e. The van der Waals surface area contributed by atoms with Gasteiger partial charge in [-0.3, -0.25) is 0 Å². The van der Waals surface area contributed by atoms with Crippen molar-refractivity contribution >= 4 is 11.9 Å². The number of ether oxygens (including phenoxy) is 2. The van der Waals surface area contributed by atoms with E-state index in [1.807, 2.05) is 24.3 Å². The summed E-state index contributed by atoms with van der Waals surface area (Å²) in [5, 5.41) is 0. The maximum Gasteiger partial charge on any atom is 0.101 e. The van der Waals surface area contributed by atoms with Crippen molar-refractivity contribution in [3.05, 3.63) is 35.8 Å². The number of rotatable bonds is 5. The lowest BCUT2D eigenvalue weighted by atomic mass is 10.1. The zero-order chi connectivity index (χ0) is 11.8. The highest BCUT2D eigenvalue weighted by Crippen LogP contribution is 2.16. The highest BCUT2D eigenvalue weighted by molar-refractivity contribution is 7.97. The molecular weight excluding hydrogens is 224 g/mol. The van der Waals surface area contributed by atoms with E-state index in [0.29, 0.717) is 12.3 Å². The molecule has 1 aliphatic rings. The van der Waals surface area contributed by atoms with Gasteiger partial charge in [-0.25, -0.2) is 0 Å². The van der Waals surface area contributed by atoms with E-state index in [0.717, 1.165) is 11.5 Å². The predicted molar refractivity (Wildman–Crippen MR) is 67.5 cm³/mol. The molecular formula is C11H18N2O2S. The molecule has 0 aromatic rings. The van der Waals surface area contributed by atoms with Crippen LogP contribution in [0.1, 0.15) is 6.42 Å². The SMILES string of the molecule is CO/C1=C/C=C\C(OC)C=C(NSCN)C1. The van der Waals surface area contributed by atoms with Crippen LogP contribution in [-0.2, 0) is 9.47 Å². The predicted octanol–water partition coefficient (Wildman–Crippen LogP) is 1.53. The largest absolute Gasteiger partial charge is 0.501 e. The second-order valence-electron chi connectivity index (χ2n) is 3.20. The van der Waals surface area contributed by atoms with Crippen LogP contribution in [0.15, 0.2) is 35.8 Å². The summed E-state index contributed by atoms with van der Waals surface area (Å²) in [5.74, 6) is 1.43. The number of nitrogens with two attached hydrogens (primary N) is 1. The number of hydrogen-bond donors (Lipinski definition) is 2. The van der Waals surface area contributed by atoms with Crippen LogP contribution in [-0.4, -0.2) is 26.2 Å². The van der Waals surface area contributed by atoms with Crippen molar-refractivity contribution in [3.8, 4) is 0 Å². The third-order valence-electron chi connectivity index (χ3n) is 2.13. The van der Waals surface area contributed by atoms with E-state index in [9.17, 15) is 0 Å². The molecule has 16 heavy (non-hydrogen) atoms. The third-order valence-corrected chi connectivity index (χ3v) is 2.71. The van der Waals surface area contributed by atoms with Crippen LogP contribution in [0, 0.1) is 0 Å². The first kappa shape index (κ1) is 13.2. The zero-order valence-electron chi connectivity index (χ0n) is 9.60. The van der Waals surface area contributed by atoms with Gasteiger partial charge in [0.2, 0.25) is 0 Å². The number of allylic oxidation sites excluding steroid dienone is 2. The van der Waals surface area contributed by atoms with Crippen molar-refractivity contribution < 1.29 is 9.47 Å². The Morgan fingerprint density at radius 3 is 3.00 bits per heavy atom. The van der Waals surface area contributed by atoms with Crippen molar-refractivity contribution in [2.45, 2.75) is 12.5 Å². The van der Waals surface area contributed by atoms with Gasteiger partial charge in [0.05, 0.1) is 19.1 Å².